The highest BCUT2D eigenvalue weighted by atomic mass is 19.4. The standard InChI is InChI=1S/C19H14F6N2O/c1-9(2)15(10-3-5-11(6-4-10)19(23,24)25)17(18(28)27-26)16-13(21)7-12(20)8-14(16)22/h3-8H,1,26H2,2H3,(H,27,28)/b17-15+. The predicted molar refractivity (Wildman–Crippen MR) is 91.7 cm³/mol. The normalized spacial score (nSPS) is 12.4. The number of allylic oxidation sites excluding steroid dienone is 2. The molecule has 3 nitrogen and oxygen atoms in total. The number of alkyl halides is 3. The van der Waals surface area contributed by atoms with Gasteiger partial charge in [0.05, 0.1) is 16.7 Å². The molecule has 3 N–H and O–H groups in total. The Morgan fingerprint density at radius 2 is 1.50 bits per heavy atom. The molecule has 0 unspecified atom stereocenters. The average molecular weight is 400 g/mol. The molecule has 0 spiro atoms. The second-order valence-corrected chi connectivity index (χ2v) is 5.82. The number of hydrogen-bond acceptors (Lipinski definition) is 2. The number of nitrogens with one attached hydrogen (secondary N) is 1. The van der Waals surface area contributed by atoms with Crippen molar-refractivity contribution in [2.75, 3.05) is 0 Å². The maximum absolute atomic E-state index is 14.3. The van der Waals surface area contributed by atoms with E-state index < -0.39 is 46.2 Å². The summed E-state index contributed by atoms with van der Waals surface area (Å²) in [7, 11) is 0. The van der Waals surface area contributed by atoms with Crippen LogP contribution in [0.5, 0.6) is 0 Å². The van der Waals surface area contributed by atoms with Crippen LogP contribution in [-0.4, -0.2) is 5.91 Å². The van der Waals surface area contributed by atoms with Gasteiger partial charge in [-0.2, -0.15) is 13.2 Å². The van der Waals surface area contributed by atoms with Gasteiger partial charge in [0.15, 0.2) is 0 Å². The van der Waals surface area contributed by atoms with Gasteiger partial charge in [-0.25, -0.2) is 19.0 Å². The van der Waals surface area contributed by atoms with E-state index in [1.165, 1.54) is 6.92 Å². The third-order valence-corrected chi connectivity index (χ3v) is 3.79. The number of halogens is 6. The number of carbonyl (C=O) groups is 1. The van der Waals surface area contributed by atoms with E-state index in [9.17, 15) is 31.1 Å². The molecule has 2 aromatic carbocycles. The first kappa shape index (κ1) is 21.2. The van der Waals surface area contributed by atoms with Gasteiger partial charge in [0.25, 0.3) is 5.91 Å². The van der Waals surface area contributed by atoms with E-state index in [-0.39, 0.29) is 16.7 Å². The quantitative estimate of drug-likeness (QED) is 0.150. The Bertz CT molecular complexity index is 938. The number of rotatable bonds is 4. The molecule has 148 valence electrons. The van der Waals surface area contributed by atoms with E-state index in [1.807, 2.05) is 0 Å². The fourth-order valence-electron chi connectivity index (χ4n) is 2.64. The van der Waals surface area contributed by atoms with Crippen LogP contribution < -0.4 is 11.3 Å². The number of hydrogen-bond donors (Lipinski definition) is 2. The summed E-state index contributed by atoms with van der Waals surface area (Å²) < 4.78 is 80.2. The summed E-state index contributed by atoms with van der Waals surface area (Å²) in [5.41, 5.74) is -0.760. The Labute approximate surface area is 156 Å². The molecule has 0 atom stereocenters. The SMILES string of the molecule is C=C(C)/C(=C(\C(=O)NN)c1c(F)cc(F)cc1F)c1ccc(C(F)(F)F)cc1. The van der Waals surface area contributed by atoms with Crippen molar-refractivity contribution >= 4 is 17.1 Å². The van der Waals surface area contributed by atoms with Gasteiger partial charge in [-0.15, -0.1) is 0 Å². The molecule has 2 rings (SSSR count). The number of hydrazine groups is 1. The van der Waals surface area contributed by atoms with Gasteiger partial charge in [0.1, 0.15) is 17.5 Å². The Balaban J connectivity index is 2.85. The monoisotopic (exact) mass is 400 g/mol. The third kappa shape index (κ3) is 4.25. The summed E-state index contributed by atoms with van der Waals surface area (Å²) in [6.45, 7) is 5.01. The van der Waals surface area contributed by atoms with E-state index >= 15 is 0 Å². The van der Waals surface area contributed by atoms with Crippen molar-refractivity contribution in [1.29, 1.82) is 0 Å². The van der Waals surface area contributed by atoms with Crippen LogP contribution in [0.3, 0.4) is 0 Å². The van der Waals surface area contributed by atoms with Gasteiger partial charge >= 0.3 is 6.18 Å². The van der Waals surface area contributed by atoms with Gasteiger partial charge < -0.3 is 0 Å². The molecule has 1 amide bonds. The van der Waals surface area contributed by atoms with E-state index in [0.29, 0.717) is 12.1 Å². The minimum atomic E-state index is -4.60. The van der Waals surface area contributed by atoms with Crippen LogP contribution in [0.2, 0.25) is 0 Å². The number of carbonyl (C=O) groups excluding carboxylic acids is 1. The highest BCUT2D eigenvalue weighted by molar-refractivity contribution is 6.28. The lowest BCUT2D eigenvalue weighted by molar-refractivity contribution is -0.137. The average Bonchev–Trinajstić information content (AvgIpc) is 2.58. The number of amides is 1. The predicted octanol–water partition coefficient (Wildman–Crippen LogP) is 4.60. The van der Waals surface area contributed by atoms with Crippen LogP contribution in [0.1, 0.15) is 23.6 Å². The van der Waals surface area contributed by atoms with Gasteiger partial charge in [-0.05, 0) is 35.8 Å². The molecule has 0 saturated carbocycles. The number of nitrogens with two attached hydrogens (primary N) is 1. The van der Waals surface area contributed by atoms with Gasteiger partial charge in [0, 0.05) is 12.1 Å². The zero-order chi connectivity index (χ0) is 21.2. The second-order valence-electron chi connectivity index (χ2n) is 5.82. The van der Waals surface area contributed by atoms with Crippen molar-refractivity contribution in [3.8, 4) is 0 Å². The lowest BCUT2D eigenvalue weighted by atomic mass is 9.89. The fourth-order valence-corrected chi connectivity index (χ4v) is 2.64. The molecule has 0 fully saturated rings. The van der Waals surface area contributed by atoms with Crippen LogP contribution in [-0.2, 0) is 11.0 Å². The molecule has 0 saturated heterocycles. The molecule has 0 radical (unpaired) electrons. The second kappa shape index (κ2) is 7.89. The van der Waals surface area contributed by atoms with Gasteiger partial charge in [-0.1, -0.05) is 18.7 Å². The van der Waals surface area contributed by atoms with Crippen molar-refractivity contribution in [2.45, 2.75) is 13.1 Å². The van der Waals surface area contributed by atoms with Crippen molar-refractivity contribution in [3.63, 3.8) is 0 Å². The molecule has 0 heterocycles. The highest BCUT2D eigenvalue weighted by Crippen LogP contribution is 2.36. The van der Waals surface area contributed by atoms with Crippen LogP contribution in [0.25, 0.3) is 11.1 Å². The summed E-state index contributed by atoms with van der Waals surface area (Å²) in [4.78, 5) is 12.3. The Morgan fingerprint density at radius 1 is 1.00 bits per heavy atom. The molecular formula is C19H14F6N2O. The highest BCUT2D eigenvalue weighted by Gasteiger charge is 2.31. The maximum atomic E-state index is 14.3. The summed E-state index contributed by atoms with van der Waals surface area (Å²) in [6, 6.07) is 4.27. The fraction of sp³-hybridized carbons (Fsp3) is 0.105. The lowest BCUT2D eigenvalue weighted by Gasteiger charge is -2.17. The van der Waals surface area contributed by atoms with E-state index in [2.05, 4.69) is 6.58 Å². The largest absolute Gasteiger partial charge is 0.416 e. The smallest absolute Gasteiger partial charge is 0.290 e. The Kier molecular flexibility index (Phi) is 5.98. The van der Waals surface area contributed by atoms with Crippen molar-refractivity contribution in [3.05, 3.63) is 82.7 Å². The Morgan fingerprint density at radius 3 is 1.89 bits per heavy atom. The molecule has 0 aliphatic carbocycles. The molecule has 0 aliphatic heterocycles. The molecule has 0 aromatic heterocycles. The van der Waals surface area contributed by atoms with Crippen molar-refractivity contribution in [2.24, 2.45) is 5.84 Å². The first-order valence-electron chi connectivity index (χ1n) is 7.71. The molecule has 9 heteroatoms. The van der Waals surface area contributed by atoms with E-state index in [0.717, 1.165) is 24.3 Å². The molecule has 0 aliphatic rings. The summed E-state index contributed by atoms with van der Waals surface area (Å²) in [5.74, 6) is -0.0153. The molecule has 2 aromatic rings. The van der Waals surface area contributed by atoms with E-state index in [4.69, 9.17) is 5.84 Å². The number of benzene rings is 2. The van der Waals surface area contributed by atoms with Gasteiger partial charge in [0.2, 0.25) is 0 Å². The first-order chi connectivity index (χ1) is 13.0. The van der Waals surface area contributed by atoms with Crippen molar-refractivity contribution < 1.29 is 31.1 Å². The van der Waals surface area contributed by atoms with Crippen LogP contribution in [0.15, 0.2) is 48.6 Å². The summed E-state index contributed by atoms with van der Waals surface area (Å²) >= 11 is 0. The zero-order valence-electron chi connectivity index (χ0n) is 14.4. The molecular weight excluding hydrogens is 386 g/mol. The minimum absolute atomic E-state index is 0.0298. The topological polar surface area (TPSA) is 55.1 Å². The Hall–Kier alpha value is -3.07. The van der Waals surface area contributed by atoms with Crippen LogP contribution in [0, 0.1) is 17.5 Å². The summed E-state index contributed by atoms with van der Waals surface area (Å²) in [5, 5.41) is 0. The first-order valence-corrected chi connectivity index (χ1v) is 7.71. The van der Waals surface area contributed by atoms with Crippen LogP contribution >= 0.6 is 0 Å². The maximum Gasteiger partial charge on any atom is 0.416 e. The third-order valence-electron chi connectivity index (χ3n) is 3.79. The lowest BCUT2D eigenvalue weighted by Crippen LogP contribution is -2.32. The van der Waals surface area contributed by atoms with Crippen molar-refractivity contribution in [1.82, 2.24) is 5.43 Å². The molecule has 0 bridgehead atoms. The minimum Gasteiger partial charge on any atom is -0.290 e. The summed E-state index contributed by atoms with van der Waals surface area (Å²) in [6.07, 6.45) is -4.60. The molecule has 28 heavy (non-hydrogen) atoms. The van der Waals surface area contributed by atoms with Crippen LogP contribution in [0.4, 0.5) is 26.3 Å². The van der Waals surface area contributed by atoms with Gasteiger partial charge in [-0.3, -0.25) is 10.2 Å². The zero-order valence-corrected chi connectivity index (χ0v) is 14.4. The van der Waals surface area contributed by atoms with E-state index in [1.54, 1.807) is 5.43 Å².